The van der Waals surface area contributed by atoms with E-state index in [1.54, 1.807) is 0 Å². The number of carboxylic acids is 1. The molecule has 0 aliphatic rings. The summed E-state index contributed by atoms with van der Waals surface area (Å²) in [5.41, 5.74) is -0.294. The second-order valence-corrected chi connectivity index (χ2v) is 3.10. The van der Waals surface area contributed by atoms with Crippen molar-refractivity contribution >= 4 is 17.7 Å². The topological polar surface area (TPSA) is 80.4 Å². The lowest BCUT2D eigenvalue weighted by atomic mass is 10.1. The molecule has 0 aliphatic carbocycles. The number of halogens is 1. The first-order chi connectivity index (χ1) is 7.41. The van der Waals surface area contributed by atoms with E-state index >= 15 is 0 Å². The van der Waals surface area contributed by atoms with E-state index in [9.17, 15) is 19.3 Å². The van der Waals surface area contributed by atoms with Crippen LogP contribution in [0.4, 0.5) is 10.1 Å². The van der Waals surface area contributed by atoms with Crippen LogP contribution in [0, 0.1) is 22.9 Å². The lowest BCUT2D eigenvalue weighted by Crippen LogP contribution is -1.96. The quantitative estimate of drug-likeness (QED) is 0.485. The fourth-order valence-corrected chi connectivity index (χ4v) is 1.17. The second-order valence-electron chi connectivity index (χ2n) is 3.10. The Morgan fingerprint density at radius 3 is 2.69 bits per heavy atom. The van der Waals surface area contributed by atoms with Gasteiger partial charge in [-0.3, -0.25) is 10.1 Å². The van der Waals surface area contributed by atoms with E-state index in [-0.39, 0.29) is 11.1 Å². The number of rotatable bonds is 3. The fraction of sp³-hybridized carbons (Fsp3) is 0.100. The summed E-state index contributed by atoms with van der Waals surface area (Å²) in [5, 5.41) is 18.9. The molecule has 0 saturated carbocycles. The van der Waals surface area contributed by atoms with Gasteiger partial charge in [-0.15, -0.1) is 0 Å². The minimum absolute atomic E-state index is 0.0965. The van der Waals surface area contributed by atoms with Gasteiger partial charge in [0.1, 0.15) is 0 Å². The summed E-state index contributed by atoms with van der Waals surface area (Å²) in [6.07, 6.45) is 2.00. The van der Waals surface area contributed by atoms with Crippen molar-refractivity contribution in [3.8, 4) is 0 Å². The van der Waals surface area contributed by atoms with Gasteiger partial charge in [-0.05, 0) is 30.2 Å². The first kappa shape index (κ1) is 11.8. The molecule has 0 bridgehead atoms. The summed E-state index contributed by atoms with van der Waals surface area (Å²) in [5.74, 6) is -2.08. The van der Waals surface area contributed by atoms with Gasteiger partial charge in [-0.1, -0.05) is 0 Å². The third-order valence-electron chi connectivity index (χ3n) is 1.87. The highest BCUT2D eigenvalue weighted by Gasteiger charge is 2.16. The van der Waals surface area contributed by atoms with Crippen molar-refractivity contribution in [3.05, 3.63) is 45.3 Å². The molecule has 0 atom stereocenters. The summed E-state index contributed by atoms with van der Waals surface area (Å²) in [7, 11) is 0. The van der Waals surface area contributed by atoms with E-state index in [0.717, 1.165) is 12.1 Å². The average molecular weight is 225 g/mol. The standard InChI is InChI=1S/C10H8FNO4/c1-6-4-7(2-3-9(13)14)5-8(10(6)11)12(15)16/h2-5H,1H3,(H,13,14)/b3-2+. The molecule has 0 unspecified atom stereocenters. The molecule has 0 heterocycles. The van der Waals surface area contributed by atoms with E-state index in [1.807, 2.05) is 0 Å². The molecule has 16 heavy (non-hydrogen) atoms. The molecule has 0 fully saturated rings. The van der Waals surface area contributed by atoms with Gasteiger partial charge in [0.05, 0.1) is 4.92 Å². The summed E-state index contributed by atoms with van der Waals surface area (Å²) in [4.78, 5) is 19.9. The van der Waals surface area contributed by atoms with Crippen LogP contribution in [0.5, 0.6) is 0 Å². The largest absolute Gasteiger partial charge is 0.478 e. The summed E-state index contributed by atoms with van der Waals surface area (Å²) in [6.45, 7) is 1.38. The van der Waals surface area contributed by atoms with Crippen LogP contribution in [0.1, 0.15) is 11.1 Å². The van der Waals surface area contributed by atoms with E-state index in [0.29, 0.717) is 0 Å². The van der Waals surface area contributed by atoms with Crippen molar-refractivity contribution < 1.29 is 19.2 Å². The molecular weight excluding hydrogens is 217 g/mol. The fourth-order valence-electron chi connectivity index (χ4n) is 1.17. The minimum atomic E-state index is -1.18. The van der Waals surface area contributed by atoms with E-state index in [4.69, 9.17) is 5.11 Å². The maximum absolute atomic E-state index is 13.2. The third kappa shape index (κ3) is 2.63. The first-order valence-electron chi connectivity index (χ1n) is 4.27. The number of carboxylic acid groups (broad SMARTS) is 1. The normalized spacial score (nSPS) is 10.6. The molecular formula is C10H8FNO4. The van der Waals surface area contributed by atoms with Crippen LogP contribution in [0.15, 0.2) is 18.2 Å². The smallest absolute Gasteiger partial charge is 0.328 e. The predicted octanol–water partition coefficient (Wildman–Crippen LogP) is 2.14. The Hall–Kier alpha value is -2.24. The molecule has 0 saturated heterocycles. The number of carbonyl (C=O) groups is 1. The molecule has 5 nitrogen and oxygen atoms in total. The lowest BCUT2D eigenvalue weighted by molar-refractivity contribution is -0.387. The minimum Gasteiger partial charge on any atom is -0.478 e. The SMILES string of the molecule is Cc1cc(/C=C/C(=O)O)cc([N+](=O)[O-])c1F. The Labute approximate surface area is 90.0 Å². The van der Waals surface area contributed by atoms with Crippen LogP contribution in [0.3, 0.4) is 0 Å². The van der Waals surface area contributed by atoms with Crippen molar-refractivity contribution in [1.29, 1.82) is 0 Å². The zero-order valence-corrected chi connectivity index (χ0v) is 8.31. The van der Waals surface area contributed by atoms with E-state index in [1.165, 1.54) is 19.1 Å². The number of aliphatic carboxylic acids is 1. The molecule has 0 aromatic heterocycles. The van der Waals surface area contributed by atoms with Crippen LogP contribution in [-0.2, 0) is 4.79 Å². The highest BCUT2D eigenvalue weighted by molar-refractivity contribution is 5.85. The Morgan fingerprint density at radius 2 is 2.19 bits per heavy atom. The van der Waals surface area contributed by atoms with Crippen LogP contribution >= 0.6 is 0 Å². The predicted molar refractivity (Wildman–Crippen MR) is 54.5 cm³/mol. The van der Waals surface area contributed by atoms with Gasteiger partial charge in [0.2, 0.25) is 5.82 Å². The maximum atomic E-state index is 13.2. The molecule has 0 aliphatic heterocycles. The van der Waals surface area contributed by atoms with Gasteiger partial charge in [-0.2, -0.15) is 4.39 Å². The van der Waals surface area contributed by atoms with Crippen molar-refractivity contribution in [2.75, 3.05) is 0 Å². The number of benzene rings is 1. The Balaban J connectivity index is 3.24. The van der Waals surface area contributed by atoms with Crippen molar-refractivity contribution in [2.24, 2.45) is 0 Å². The lowest BCUT2D eigenvalue weighted by Gasteiger charge is -2.00. The Bertz CT molecular complexity index is 482. The van der Waals surface area contributed by atoms with E-state index < -0.39 is 22.4 Å². The summed E-state index contributed by atoms with van der Waals surface area (Å²) in [6, 6.07) is 2.32. The number of nitro groups is 1. The van der Waals surface area contributed by atoms with Crippen LogP contribution < -0.4 is 0 Å². The highest BCUT2D eigenvalue weighted by Crippen LogP contribution is 2.23. The summed E-state index contributed by atoms with van der Waals surface area (Å²) < 4.78 is 13.2. The average Bonchev–Trinajstić information content (AvgIpc) is 2.19. The molecule has 0 radical (unpaired) electrons. The van der Waals surface area contributed by atoms with Crippen molar-refractivity contribution in [3.63, 3.8) is 0 Å². The zero-order chi connectivity index (χ0) is 12.3. The van der Waals surface area contributed by atoms with Crippen LogP contribution in [0.25, 0.3) is 6.08 Å². The number of aryl methyl sites for hydroxylation is 1. The number of hydrogen-bond acceptors (Lipinski definition) is 3. The van der Waals surface area contributed by atoms with Gasteiger partial charge < -0.3 is 5.11 Å². The van der Waals surface area contributed by atoms with Crippen molar-refractivity contribution in [2.45, 2.75) is 6.92 Å². The zero-order valence-electron chi connectivity index (χ0n) is 8.31. The van der Waals surface area contributed by atoms with Crippen molar-refractivity contribution in [1.82, 2.24) is 0 Å². The number of hydrogen-bond donors (Lipinski definition) is 1. The third-order valence-corrected chi connectivity index (χ3v) is 1.87. The Morgan fingerprint density at radius 1 is 1.56 bits per heavy atom. The van der Waals surface area contributed by atoms with Crippen LogP contribution in [0.2, 0.25) is 0 Å². The molecule has 84 valence electrons. The number of nitrogens with zero attached hydrogens (tertiary/aromatic N) is 1. The molecule has 6 heteroatoms. The summed E-state index contributed by atoms with van der Waals surface area (Å²) >= 11 is 0. The monoisotopic (exact) mass is 225 g/mol. The highest BCUT2D eigenvalue weighted by atomic mass is 19.1. The molecule has 1 aromatic rings. The molecule has 1 rings (SSSR count). The number of nitro benzene ring substituents is 1. The maximum Gasteiger partial charge on any atom is 0.328 e. The van der Waals surface area contributed by atoms with Gasteiger partial charge in [0, 0.05) is 12.1 Å². The second kappa shape index (κ2) is 4.52. The molecule has 1 aromatic carbocycles. The van der Waals surface area contributed by atoms with Gasteiger partial charge in [-0.25, -0.2) is 4.79 Å². The van der Waals surface area contributed by atoms with Gasteiger partial charge >= 0.3 is 11.7 Å². The molecule has 1 N–H and O–H groups in total. The van der Waals surface area contributed by atoms with Gasteiger partial charge in [0.15, 0.2) is 0 Å². The Kier molecular flexibility index (Phi) is 3.34. The van der Waals surface area contributed by atoms with Crippen LogP contribution in [-0.4, -0.2) is 16.0 Å². The van der Waals surface area contributed by atoms with Gasteiger partial charge in [0.25, 0.3) is 0 Å². The molecule has 0 amide bonds. The first-order valence-corrected chi connectivity index (χ1v) is 4.27. The molecule has 0 spiro atoms. The van der Waals surface area contributed by atoms with E-state index in [2.05, 4.69) is 0 Å².